The second-order valence-electron chi connectivity index (χ2n) is 7.62. The van der Waals surface area contributed by atoms with Crippen LogP contribution in [0.15, 0.2) is 30.3 Å². The maximum Gasteiger partial charge on any atom is 0.332 e. The molecule has 1 spiro atoms. The summed E-state index contributed by atoms with van der Waals surface area (Å²) in [5, 5.41) is 7.25. The highest BCUT2D eigenvalue weighted by Crippen LogP contribution is 2.43. The van der Waals surface area contributed by atoms with E-state index in [2.05, 4.69) is 40.7 Å². The molecule has 0 bridgehead atoms. The summed E-state index contributed by atoms with van der Waals surface area (Å²) in [5.41, 5.74) is 1.40. The highest BCUT2D eigenvalue weighted by atomic mass is 16.5. The van der Waals surface area contributed by atoms with E-state index in [0.29, 0.717) is 11.8 Å². The fourth-order valence-electron chi connectivity index (χ4n) is 4.57. The Morgan fingerprint density at radius 1 is 1.25 bits per heavy atom. The predicted molar refractivity (Wildman–Crippen MR) is 92.6 cm³/mol. The van der Waals surface area contributed by atoms with Crippen molar-refractivity contribution in [3.05, 3.63) is 35.9 Å². The predicted octanol–water partition coefficient (Wildman–Crippen LogP) is 2.60. The van der Waals surface area contributed by atoms with Crippen LogP contribution >= 0.6 is 0 Å². The van der Waals surface area contributed by atoms with E-state index in [1.54, 1.807) is 0 Å². The van der Waals surface area contributed by atoms with Crippen molar-refractivity contribution in [1.29, 1.82) is 0 Å². The molecule has 0 aromatic heterocycles. The molecule has 1 aromatic rings. The Balaban J connectivity index is 1.45. The lowest BCUT2D eigenvalue weighted by Crippen LogP contribution is -2.58. The molecule has 0 unspecified atom stereocenters. The van der Waals surface area contributed by atoms with E-state index in [9.17, 15) is 4.79 Å². The maximum atomic E-state index is 12.5. The van der Waals surface area contributed by atoms with Crippen molar-refractivity contribution < 1.29 is 9.53 Å². The molecule has 24 heavy (non-hydrogen) atoms. The van der Waals surface area contributed by atoms with Gasteiger partial charge in [-0.3, -0.25) is 0 Å². The third-order valence-electron chi connectivity index (χ3n) is 5.97. The number of nitrogens with one attached hydrogen (secondary N) is 1. The van der Waals surface area contributed by atoms with E-state index >= 15 is 0 Å². The minimum atomic E-state index is -0.0400. The number of carbonyl (C=O) groups excluding carboxylic acids is 1. The fraction of sp³-hybridized carbons (Fsp3) is 0.632. The van der Waals surface area contributed by atoms with Crippen molar-refractivity contribution in [3.8, 4) is 0 Å². The van der Waals surface area contributed by atoms with E-state index in [4.69, 9.17) is 4.74 Å². The number of hydrazine groups is 1. The summed E-state index contributed by atoms with van der Waals surface area (Å²) in [6.45, 7) is 3.32. The summed E-state index contributed by atoms with van der Waals surface area (Å²) in [4.78, 5) is 12.5. The van der Waals surface area contributed by atoms with Gasteiger partial charge in [-0.2, -0.15) is 0 Å². The second kappa shape index (κ2) is 6.37. The zero-order chi connectivity index (χ0) is 16.6. The Morgan fingerprint density at radius 2 is 1.96 bits per heavy atom. The lowest BCUT2D eigenvalue weighted by Gasteiger charge is -2.47. The van der Waals surface area contributed by atoms with Gasteiger partial charge in [0.15, 0.2) is 0 Å². The third kappa shape index (κ3) is 2.80. The van der Waals surface area contributed by atoms with E-state index in [1.807, 2.05) is 12.1 Å². The Bertz CT molecular complexity index is 580. The van der Waals surface area contributed by atoms with Gasteiger partial charge in [0.05, 0.1) is 18.8 Å². The van der Waals surface area contributed by atoms with Crippen LogP contribution in [0, 0.1) is 5.92 Å². The summed E-state index contributed by atoms with van der Waals surface area (Å²) >= 11 is 0. The van der Waals surface area contributed by atoms with Gasteiger partial charge in [-0.25, -0.2) is 14.8 Å². The van der Waals surface area contributed by atoms with Crippen LogP contribution in [0.1, 0.15) is 37.2 Å². The molecule has 2 aliphatic heterocycles. The van der Waals surface area contributed by atoms with Gasteiger partial charge in [0.1, 0.15) is 0 Å². The van der Waals surface area contributed by atoms with Crippen LogP contribution in [0.2, 0.25) is 0 Å². The first-order valence-corrected chi connectivity index (χ1v) is 9.10. The van der Waals surface area contributed by atoms with Gasteiger partial charge in [0, 0.05) is 26.1 Å². The molecule has 5 nitrogen and oxygen atoms in total. The molecular formula is C19H27N3O2. The summed E-state index contributed by atoms with van der Waals surface area (Å²) in [5.74, 6) is 1.18. The summed E-state index contributed by atoms with van der Waals surface area (Å²) in [6.07, 6.45) is 4.43. The van der Waals surface area contributed by atoms with E-state index < -0.39 is 0 Å². The molecule has 1 aliphatic carbocycles. The van der Waals surface area contributed by atoms with Crippen LogP contribution < -0.4 is 5.32 Å². The SMILES string of the molecule is CN(CC1COC1)N1C(=O)NCC12CCC(c1ccccc1)CC2. The average Bonchev–Trinajstić information content (AvgIpc) is 2.89. The lowest BCUT2D eigenvalue weighted by molar-refractivity contribution is -0.0988. The molecule has 130 valence electrons. The van der Waals surface area contributed by atoms with Crippen molar-refractivity contribution in [3.63, 3.8) is 0 Å². The summed E-state index contributed by atoms with van der Waals surface area (Å²) in [6, 6.07) is 10.9. The molecule has 2 heterocycles. The molecule has 1 aromatic carbocycles. The zero-order valence-corrected chi connectivity index (χ0v) is 14.4. The number of nitrogens with zero attached hydrogens (tertiary/aromatic N) is 2. The molecule has 0 radical (unpaired) electrons. The highest BCUT2D eigenvalue weighted by molar-refractivity contribution is 5.77. The summed E-state index contributed by atoms with van der Waals surface area (Å²) < 4.78 is 5.28. The van der Waals surface area contributed by atoms with Crippen LogP contribution in [0.5, 0.6) is 0 Å². The van der Waals surface area contributed by atoms with Crippen molar-refractivity contribution in [2.24, 2.45) is 5.92 Å². The van der Waals surface area contributed by atoms with Crippen LogP contribution in [0.25, 0.3) is 0 Å². The molecule has 0 atom stereocenters. The summed E-state index contributed by atoms with van der Waals surface area (Å²) in [7, 11) is 2.05. The van der Waals surface area contributed by atoms with Gasteiger partial charge in [0.2, 0.25) is 0 Å². The fourth-order valence-corrected chi connectivity index (χ4v) is 4.57. The molecule has 1 N–H and O–H groups in total. The molecule has 3 aliphatic rings. The third-order valence-corrected chi connectivity index (χ3v) is 5.97. The topological polar surface area (TPSA) is 44.8 Å². The Morgan fingerprint density at radius 3 is 2.58 bits per heavy atom. The van der Waals surface area contributed by atoms with Gasteiger partial charge in [-0.15, -0.1) is 0 Å². The lowest BCUT2D eigenvalue weighted by atomic mass is 9.74. The molecule has 2 saturated heterocycles. The van der Waals surface area contributed by atoms with Crippen LogP contribution in [-0.4, -0.2) is 54.9 Å². The van der Waals surface area contributed by atoms with E-state index in [0.717, 1.165) is 52.0 Å². The van der Waals surface area contributed by atoms with Crippen LogP contribution in [-0.2, 0) is 4.74 Å². The quantitative estimate of drug-likeness (QED) is 0.923. The van der Waals surface area contributed by atoms with Gasteiger partial charge >= 0.3 is 6.03 Å². The molecule has 5 heteroatoms. The minimum absolute atomic E-state index is 0.0400. The van der Waals surface area contributed by atoms with Gasteiger partial charge in [-0.1, -0.05) is 30.3 Å². The zero-order valence-electron chi connectivity index (χ0n) is 14.4. The maximum absolute atomic E-state index is 12.5. The first-order chi connectivity index (χ1) is 11.7. The van der Waals surface area contributed by atoms with Gasteiger partial charge in [-0.05, 0) is 37.2 Å². The normalized spacial score (nSPS) is 30.7. The number of benzene rings is 1. The number of hydrogen-bond acceptors (Lipinski definition) is 3. The largest absolute Gasteiger partial charge is 0.381 e. The van der Waals surface area contributed by atoms with Crippen molar-refractivity contribution in [1.82, 2.24) is 15.3 Å². The molecule has 1 saturated carbocycles. The smallest absolute Gasteiger partial charge is 0.332 e. The molecular weight excluding hydrogens is 302 g/mol. The number of hydrogen-bond donors (Lipinski definition) is 1. The molecule has 4 rings (SSSR count). The number of amides is 2. The number of urea groups is 1. The van der Waals surface area contributed by atoms with E-state index in [1.165, 1.54) is 5.56 Å². The van der Waals surface area contributed by atoms with Crippen molar-refractivity contribution in [2.45, 2.75) is 37.1 Å². The highest BCUT2D eigenvalue weighted by Gasteiger charge is 2.49. The minimum Gasteiger partial charge on any atom is -0.381 e. The van der Waals surface area contributed by atoms with Crippen molar-refractivity contribution in [2.75, 3.05) is 33.4 Å². The Hall–Kier alpha value is -1.59. The standard InChI is InChI=1S/C19H27N3O2/c1-21(11-15-12-24-13-15)22-18(23)20-14-19(22)9-7-17(8-10-19)16-5-3-2-4-6-16/h2-6,15,17H,7-14H2,1H3,(H,20,23). The Labute approximate surface area is 143 Å². The Kier molecular flexibility index (Phi) is 4.22. The number of carbonyl (C=O) groups is 1. The number of ether oxygens (including phenoxy) is 1. The monoisotopic (exact) mass is 329 g/mol. The number of rotatable bonds is 4. The molecule has 3 fully saturated rings. The average molecular weight is 329 g/mol. The van der Waals surface area contributed by atoms with Crippen LogP contribution in [0.4, 0.5) is 4.79 Å². The van der Waals surface area contributed by atoms with Gasteiger partial charge in [0.25, 0.3) is 0 Å². The van der Waals surface area contributed by atoms with Crippen LogP contribution in [0.3, 0.4) is 0 Å². The second-order valence-corrected chi connectivity index (χ2v) is 7.62. The first kappa shape index (κ1) is 15.9. The van der Waals surface area contributed by atoms with E-state index in [-0.39, 0.29) is 11.6 Å². The first-order valence-electron chi connectivity index (χ1n) is 9.10. The van der Waals surface area contributed by atoms with Gasteiger partial charge < -0.3 is 10.1 Å². The van der Waals surface area contributed by atoms with Crippen molar-refractivity contribution >= 4 is 6.03 Å². The molecule has 2 amide bonds.